The summed E-state index contributed by atoms with van der Waals surface area (Å²) >= 11 is 6.24. The Balaban J connectivity index is 1.38. The van der Waals surface area contributed by atoms with Crippen LogP contribution in [-0.4, -0.2) is 34.5 Å². The van der Waals surface area contributed by atoms with Crippen molar-refractivity contribution in [2.45, 2.75) is 0 Å². The zero-order valence-electron chi connectivity index (χ0n) is 17.9. The van der Waals surface area contributed by atoms with Crippen molar-refractivity contribution >= 4 is 85.1 Å². The van der Waals surface area contributed by atoms with Gasteiger partial charge < -0.3 is 10.1 Å². The lowest BCUT2D eigenvalue weighted by Crippen LogP contribution is -2.36. The van der Waals surface area contributed by atoms with Crippen LogP contribution >= 0.6 is 50.3 Å². The SMILES string of the molecule is O=C(CN1C(=O)S/C(=C\c2ccc(OC(=O)c3cccc(Br)c3)cc2)C1=O)Nc1ccc(I)cc1. The fourth-order valence-electron chi connectivity index (χ4n) is 3.08. The number of halogens is 2. The third-order valence-electron chi connectivity index (χ3n) is 4.75. The molecule has 35 heavy (non-hydrogen) atoms. The molecule has 0 bridgehead atoms. The van der Waals surface area contributed by atoms with Gasteiger partial charge in [-0.15, -0.1) is 0 Å². The molecule has 1 saturated heterocycles. The average Bonchev–Trinajstić information content (AvgIpc) is 3.09. The maximum atomic E-state index is 12.7. The molecular formula is C25H16BrIN2O5S. The van der Waals surface area contributed by atoms with E-state index in [9.17, 15) is 19.2 Å². The Bertz CT molecular complexity index is 1340. The molecule has 3 aromatic carbocycles. The monoisotopic (exact) mass is 662 g/mol. The van der Waals surface area contributed by atoms with Crippen LogP contribution in [0.5, 0.6) is 5.75 Å². The zero-order valence-corrected chi connectivity index (χ0v) is 22.4. The summed E-state index contributed by atoms with van der Waals surface area (Å²) in [5.74, 6) is -1.16. The van der Waals surface area contributed by atoms with E-state index >= 15 is 0 Å². The second-order valence-electron chi connectivity index (χ2n) is 7.29. The molecule has 0 aliphatic carbocycles. The van der Waals surface area contributed by atoms with Crippen LogP contribution in [0.4, 0.5) is 10.5 Å². The van der Waals surface area contributed by atoms with E-state index in [2.05, 4.69) is 43.8 Å². The highest BCUT2D eigenvalue weighted by atomic mass is 127. The van der Waals surface area contributed by atoms with Crippen molar-refractivity contribution < 1.29 is 23.9 Å². The highest BCUT2D eigenvalue weighted by molar-refractivity contribution is 14.1. The van der Waals surface area contributed by atoms with Gasteiger partial charge >= 0.3 is 5.97 Å². The molecule has 0 saturated carbocycles. The van der Waals surface area contributed by atoms with Gasteiger partial charge in [0.25, 0.3) is 11.1 Å². The van der Waals surface area contributed by atoms with Crippen LogP contribution in [0, 0.1) is 3.57 Å². The summed E-state index contributed by atoms with van der Waals surface area (Å²) in [4.78, 5) is 50.8. The second-order valence-corrected chi connectivity index (χ2v) is 10.4. The number of amides is 3. The van der Waals surface area contributed by atoms with Crippen LogP contribution in [0.2, 0.25) is 0 Å². The Morgan fingerprint density at radius 3 is 2.43 bits per heavy atom. The van der Waals surface area contributed by atoms with Crippen molar-refractivity contribution in [3.63, 3.8) is 0 Å². The van der Waals surface area contributed by atoms with Crippen LogP contribution in [-0.2, 0) is 9.59 Å². The van der Waals surface area contributed by atoms with Crippen LogP contribution in [0.3, 0.4) is 0 Å². The number of ether oxygens (including phenoxy) is 1. The molecule has 3 amide bonds. The first-order valence-corrected chi connectivity index (χ1v) is 12.9. The lowest BCUT2D eigenvalue weighted by atomic mass is 10.2. The molecule has 7 nitrogen and oxygen atoms in total. The van der Waals surface area contributed by atoms with E-state index in [0.717, 1.165) is 24.7 Å². The van der Waals surface area contributed by atoms with Crippen LogP contribution in [0.25, 0.3) is 6.08 Å². The first-order chi connectivity index (χ1) is 16.8. The maximum Gasteiger partial charge on any atom is 0.343 e. The van der Waals surface area contributed by atoms with E-state index in [1.165, 1.54) is 0 Å². The van der Waals surface area contributed by atoms with Crippen LogP contribution in [0.15, 0.2) is 82.2 Å². The molecule has 0 unspecified atom stereocenters. The molecule has 0 aromatic heterocycles. The van der Waals surface area contributed by atoms with E-state index in [1.807, 2.05) is 18.2 Å². The number of carbonyl (C=O) groups is 4. The molecule has 1 N–H and O–H groups in total. The van der Waals surface area contributed by atoms with Crippen LogP contribution < -0.4 is 10.1 Å². The quantitative estimate of drug-likeness (QED) is 0.152. The molecule has 3 aromatic rings. The summed E-state index contributed by atoms with van der Waals surface area (Å²) in [6, 6.07) is 20.6. The lowest BCUT2D eigenvalue weighted by molar-refractivity contribution is -0.127. The predicted molar refractivity (Wildman–Crippen MR) is 146 cm³/mol. The van der Waals surface area contributed by atoms with Gasteiger partial charge in [0.05, 0.1) is 10.5 Å². The fourth-order valence-corrected chi connectivity index (χ4v) is 4.68. The van der Waals surface area contributed by atoms with Crippen molar-refractivity contribution in [1.82, 2.24) is 4.90 Å². The number of carbonyl (C=O) groups excluding carboxylic acids is 4. The van der Waals surface area contributed by atoms with Gasteiger partial charge in [-0.05, 0) is 101 Å². The molecular weight excluding hydrogens is 647 g/mol. The molecule has 0 atom stereocenters. The number of benzene rings is 3. The molecule has 0 spiro atoms. The van der Waals surface area contributed by atoms with Gasteiger partial charge in [-0.2, -0.15) is 0 Å². The highest BCUT2D eigenvalue weighted by Crippen LogP contribution is 2.32. The van der Waals surface area contributed by atoms with E-state index in [-0.39, 0.29) is 11.4 Å². The Morgan fingerprint density at radius 1 is 1.03 bits per heavy atom. The van der Waals surface area contributed by atoms with Gasteiger partial charge in [-0.25, -0.2) is 4.79 Å². The Hall–Kier alpha value is -2.96. The van der Waals surface area contributed by atoms with Gasteiger partial charge in [0.1, 0.15) is 12.3 Å². The third-order valence-corrected chi connectivity index (χ3v) is 6.87. The Labute approximate surface area is 227 Å². The number of nitrogens with zero attached hydrogens (tertiary/aromatic N) is 1. The summed E-state index contributed by atoms with van der Waals surface area (Å²) in [6.07, 6.45) is 1.56. The van der Waals surface area contributed by atoms with Gasteiger partial charge in [0.15, 0.2) is 0 Å². The van der Waals surface area contributed by atoms with E-state index in [1.54, 1.807) is 60.7 Å². The van der Waals surface area contributed by atoms with Crippen molar-refractivity contribution in [3.05, 3.63) is 96.9 Å². The third kappa shape index (κ3) is 6.59. The summed E-state index contributed by atoms with van der Waals surface area (Å²) in [5, 5.41) is 2.16. The Kier molecular flexibility index (Phi) is 8.04. The minimum absolute atomic E-state index is 0.205. The molecule has 176 valence electrons. The largest absolute Gasteiger partial charge is 0.423 e. The summed E-state index contributed by atoms with van der Waals surface area (Å²) in [5.41, 5.74) is 1.63. The predicted octanol–water partition coefficient (Wildman–Crippen LogP) is 5.95. The molecule has 4 rings (SSSR count). The number of rotatable bonds is 6. The highest BCUT2D eigenvalue weighted by Gasteiger charge is 2.36. The van der Waals surface area contributed by atoms with Crippen LogP contribution in [0.1, 0.15) is 15.9 Å². The molecule has 10 heteroatoms. The maximum absolute atomic E-state index is 12.7. The number of anilines is 1. The molecule has 1 fully saturated rings. The van der Waals surface area contributed by atoms with Gasteiger partial charge in [0, 0.05) is 13.7 Å². The van der Waals surface area contributed by atoms with Gasteiger partial charge in [-0.3, -0.25) is 19.3 Å². The van der Waals surface area contributed by atoms with Crippen molar-refractivity contribution in [3.8, 4) is 5.75 Å². The normalized spacial score (nSPS) is 14.3. The number of hydrogen-bond acceptors (Lipinski definition) is 6. The van der Waals surface area contributed by atoms with Crippen molar-refractivity contribution in [2.75, 3.05) is 11.9 Å². The molecule has 0 radical (unpaired) electrons. The average molecular weight is 663 g/mol. The fraction of sp³-hybridized carbons (Fsp3) is 0.0400. The standard InChI is InChI=1S/C25H16BrIN2O5S/c26-17-3-1-2-16(13-17)24(32)34-20-10-4-15(5-11-20)12-21-23(31)29(25(33)35-21)14-22(30)28-19-8-6-18(27)7-9-19/h1-13H,14H2,(H,28,30)/b21-12-. The summed E-state index contributed by atoms with van der Waals surface area (Å²) in [6.45, 7) is -0.377. The Morgan fingerprint density at radius 2 is 1.74 bits per heavy atom. The zero-order chi connectivity index (χ0) is 24.9. The van der Waals surface area contributed by atoms with E-state index in [0.29, 0.717) is 22.6 Å². The summed E-state index contributed by atoms with van der Waals surface area (Å²) in [7, 11) is 0. The minimum atomic E-state index is -0.539. The number of hydrogen-bond donors (Lipinski definition) is 1. The van der Waals surface area contributed by atoms with E-state index < -0.39 is 23.0 Å². The second kappa shape index (κ2) is 11.2. The van der Waals surface area contributed by atoms with Gasteiger partial charge in [-0.1, -0.05) is 34.1 Å². The topological polar surface area (TPSA) is 92.8 Å². The first-order valence-electron chi connectivity index (χ1n) is 10.2. The number of nitrogens with one attached hydrogen (secondary N) is 1. The molecule has 1 aliphatic heterocycles. The lowest BCUT2D eigenvalue weighted by Gasteiger charge is -2.12. The summed E-state index contributed by atoms with van der Waals surface area (Å²) < 4.78 is 7.16. The molecule has 1 heterocycles. The van der Waals surface area contributed by atoms with Crippen molar-refractivity contribution in [1.29, 1.82) is 0 Å². The minimum Gasteiger partial charge on any atom is -0.423 e. The number of thioether (sulfide) groups is 1. The first kappa shape index (κ1) is 25.1. The smallest absolute Gasteiger partial charge is 0.343 e. The van der Waals surface area contributed by atoms with E-state index in [4.69, 9.17) is 4.74 Å². The van der Waals surface area contributed by atoms with Gasteiger partial charge in [0.2, 0.25) is 5.91 Å². The number of imide groups is 1. The number of esters is 1. The van der Waals surface area contributed by atoms with Crippen molar-refractivity contribution in [2.24, 2.45) is 0 Å². The molecule has 1 aliphatic rings.